The van der Waals surface area contributed by atoms with Gasteiger partial charge in [-0.2, -0.15) is 10.2 Å². The Kier molecular flexibility index (Phi) is 5.30. The Labute approximate surface area is 141 Å². The molecule has 0 spiro atoms. The van der Waals surface area contributed by atoms with Gasteiger partial charge in [0.1, 0.15) is 5.69 Å². The highest BCUT2D eigenvalue weighted by Crippen LogP contribution is 2.15. The third-order valence-electron chi connectivity index (χ3n) is 4.31. The van der Waals surface area contributed by atoms with E-state index in [2.05, 4.69) is 20.6 Å². The molecule has 2 N–H and O–H groups in total. The van der Waals surface area contributed by atoms with Gasteiger partial charge >= 0.3 is 0 Å². The largest absolute Gasteiger partial charge is 0.378 e. The molecule has 1 saturated heterocycles. The van der Waals surface area contributed by atoms with E-state index in [0.717, 1.165) is 43.0 Å². The highest BCUT2D eigenvalue weighted by Gasteiger charge is 2.15. The quantitative estimate of drug-likeness (QED) is 0.847. The predicted molar refractivity (Wildman–Crippen MR) is 89.9 cm³/mol. The van der Waals surface area contributed by atoms with Gasteiger partial charge in [-0.1, -0.05) is 0 Å². The number of rotatable bonds is 6. The second-order valence-corrected chi connectivity index (χ2v) is 6.40. The second kappa shape index (κ2) is 7.61. The minimum absolute atomic E-state index is 0.151. The zero-order valence-corrected chi connectivity index (χ0v) is 14.3. The number of hydrogen-bond acceptors (Lipinski definition) is 4. The van der Waals surface area contributed by atoms with Crippen molar-refractivity contribution in [3.05, 3.63) is 34.9 Å². The third kappa shape index (κ3) is 4.23. The highest BCUT2D eigenvalue weighted by atomic mass is 16.5. The number of carbonyl (C=O) groups is 1. The Morgan fingerprint density at radius 1 is 1.42 bits per heavy atom. The number of aromatic nitrogens is 4. The average molecular weight is 331 g/mol. The molecule has 3 rings (SSSR count). The number of aromatic amines is 1. The van der Waals surface area contributed by atoms with Crippen LogP contribution in [-0.4, -0.2) is 45.1 Å². The first-order valence-electron chi connectivity index (χ1n) is 8.57. The van der Waals surface area contributed by atoms with E-state index >= 15 is 0 Å². The second-order valence-electron chi connectivity index (χ2n) is 6.40. The number of nitrogens with zero attached hydrogens (tertiary/aromatic N) is 3. The van der Waals surface area contributed by atoms with E-state index in [1.54, 1.807) is 6.07 Å². The SMILES string of the molecule is Cc1cc(C)n(Cc2cc(C(=O)NCC[C@H]3CCCCO3)n[nH]2)n1. The Hall–Kier alpha value is -2.15. The third-order valence-corrected chi connectivity index (χ3v) is 4.31. The smallest absolute Gasteiger partial charge is 0.271 e. The number of nitrogens with one attached hydrogen (secondary N) is 2. The summed E-state index contributed by atoms with van der Waals surface area (Å²) in [6.45, 7) is 6.01. The molecule has 0 bridgehead atoms. The number of carbonyl (C=O) groups excluding carboxylic acids is 1. The Bertz CT molecular complexity index is 685. The summed E-state index contributed by atoms with van der Waals surface area (Å²) in [5.41, 5.74) is 3.34. The molecule has 1 amide bonds. The summed E-state index contributed by atoms with van der Waals surface area (Å²) in [6.07, 6.45) is 4.58. The molecule has 0 aromatic carbocycles. The van der Waals surface area contributed by atoms with E-state index in [1.165, 1.54) is 6.42 Å². The molecule has 3 heterocycles. The summed E-state index contributed by atoms with van der Waals surface area (Å²) < 4.78 is 7.56. The van der Waals surface area contributed by atoms with E-state index in [-0.39, 0.29) is 12.0 Å². The summed E-state index contributed by atoms with van der Waals surface area (Å²) in [5, 5.41) is 14.4. The summed E-state index contributed by atoms with van der Waals surface area (Å²) in [5.74, 6) is -0.151. The van der Waals surface area contributed by atoms with Crippen molar-refractivity contribution in [3.63, 3.8) is 0 Å². The van der Waals surface area contributed by atoms with Crippen LogP contribution in [0.3, 0.4) is 0 Å². The van der Waals surface area contributed by atoms with E-state index in [4.69, 9.17) is 4.74 Å². The van der Waals surface area contributed by atoms with E-state index in [0.29, 0.717) is 18.8 Å². The van der Waals surface area contributed by atoms with Gasteiger partial charge < -0.3 is 10.1 Å². The van der Waals surface area contributed by atoms with Crippen LogP contribution in [0.4, 0.5) is 0 Å². The molecule has 1 aliphatic heterocycles. The van der Waals surface area contributed by atoms with Gasteiger partial charge in [0.05, 0.1) is 24.0 Å². The molecule has 0 unspecified atom stereocenters. The van der Waals surface area contributed by atoms with Crippen molar-refractivity contribution in [1.29, 1.82) is 0 Å². The van der Waals surface area contributed by atoms with Crippen molar-refractivity contribution < 1.29 is 9.53 Å². The van der Waals surface area contributed by atoms with Crippen LogP contribution in [0, 0.1) is 13.8 Å². The average Bonchev–Trinajstić information content (AvgIpc) is 3.15. The maximum absolute atomic E-state index is 12.2. The molecule has 2 aromatic heterocycles. The zero-order chi connectivity index (χ0) is 16.9. The number of hydrogen-bond donors (Lipinski definition) is 2. The van der Waals surface area contributed by atoms with Crippen LogP contribution >= 0.6 is 0 Å². The number of H-pyrrole nitrogens is 1. The maximum Gasteiger partial charge on any atom is 0.271 e. The lowest BCUT2D eigenvalue weighted by Crippen LogP contribution is -2.29. The molecule has 130 valence electrons. The van der Waals surface area contributed by atoms with Crippen LogP contribution in [-0.2, 0) is 11.3 Å². The molecule has 1 atom stereocenters. The fourth-order valence-corrected chi connectivity index (χ4v) is 3.03. The number of aryl methyl sites for hydroxylation is 2. The van der Waals surface area contributed by atoms with Crippen LogP contribution in [0.15, 0.2) is 12.1 Å². The van der Waals surface area contributed by atoms with Gasteiger partial charge in [0.25, 0.3) is 5.91 Å². The Balaban J connectivity index is 1.49. The van der Waals surface area contributed by atoms with Crippen molar-refractivity contribution in [2.24, 2.45) is 0 Å². The lowest BCUT2D eigenvalue weighted by atomic mass is 10.1. The monoisotopic (exact) mass is 331 g/mol. The lowest BCUT2D eigenvalue weighted by Gasteiger charge is -2.22. The topological polar surface area (TPSA) is 84.8 Å². The van der Waals surface area contributed by atoms with Gasteiger partial charge in [-0.3, -0.25) is 14.6 Å². The van der Waals surface area contributed by atoms with E-state index < -0.39 is 0 Å². The lowest BCUT2D eigenvalue weighted by molar-refractivity contribution is 0.0117. The number of amides is 1. The van der Waals surface area contributed by atoms with Gasteiger partial charge in [0.15, 0.2) is 0 Å². The molecule has 24 heavy (non-hydrogen) atoms. The van der Waals surface area contributed by atoms with E-state index in [1.807, 2.05) is 24.6 Å². The van der Waals surface area contributed by atoms with Gasteiger partial charge in [-0.25, -0.2) is 0 Å². The summed E-state index contributed by atoms with van der Waals surface area (Å²) in [6, 6.07) is 3.81. The van der Waals surface area contributed by atoms with Gasteiger partial charge in [0, 0.05) is 18.8 Å². The zero-order valence-electron chi connectivity index (χ0n) is 14.3. The van der Waals surface area contributed by atoms with Crippen LogP contribution < -0.4 is 5.32 Å². The molecule has 7 nitrogen and oxygen atoms in total. The minimum atomic E-state index is -0.151. The van der Waals surface area contributed by atoms with Crippen LogP contribution in [0.5, 0.6) is 0 Å². The summed E-state index contributed by atoms with van der Waals surface area (Å²) >= 11 is 0. The normalized spacial score (nSPS) is 17.8. The molecule has 2 aromatic rings. The molecule has 1 fully saturated rings. The van der Waals surface area contributed by atoms with Crippen molar-refractivity contribution in [1.82, 2.24) is 25.3 Å². The molecule has 0 saturated carbocycles. The highest BCUT2D eigenvalue weighted by molar-refractivity contribution is 5.92. The maximum atomic E-state index is 12.2. The van der Waals surface area contributed by atoms with Crippen molar-refractivity contribution in [3.8, 4) is 0 Å². The Morgan fingerprint density at radius 3 is 3.00 bits per heavy atom. The first-order valence-corrected chi connectivity index (χ1v) is 8.57. The predicted octanol–water partition coefficient (Wildman–Crippen LogP) is 1.96. The molecular weight excluding hydrogens is 306 g/mol. The van der Waals surface area contributed by atoms with Crippen LogP contribution in [0.25, 0.3) is 0 Å². The van der Waals surface area contributed by atoms with Gasteiger partial charge in [-0.05, 0) is 51.7 Å². The van der Waals surface area contributed by atoms with Gasteiger partial charge in [-0.15, -0.1) is 0 Å². The first kappa shape index (κ1) is 16.7. The van der Waals surface area contributed by atoms with E-state index in [9.17, 15) is 4.79 Å². The standard InChI is InChI=1S/C17H25N5O2/c1-12-9-13(2)22(21-12)11-14-10-16(20-19-14)17(23)18-7-6-15-5-3-4-8-24-15/h9-10,15H,3-8,11H2,1-2H3,(H,18,23)(H,19,20)/t15-/m1/s1. The van der Waals surface area contributed by atoms with Crippen LogP contribution in [0.2, 0.25) is 0 Å². The Morgan fingerprint density at radius 2 is 2.29 bits per heavy atom. The van der Waals surface area contributed by atoms with Crippen molar-refractivity contribution in [2.45, 2.75) is 52.2 Å². The summed E-state index contributed by atoms with van der Waals surface area (Å²) in [7, 11) is 0. The molecule has 0 radical (unpaired) electrons. The van der Waals surface area contributed by atoms with Crippen LogP contribution in [0.1, 0.15) is 53.3 Å². The fourth-order valence-electron chi connectivity index (χ4n) is 3.03. The number of ether oxygens (including phenoxy) is 1. The minimum Gasteiger partial charge on any atom is -0.378 e. The van der Waals surface area contributed by atoms with Gasteiger partial charge in [0.2, 0.25) is 0 Å². The molecule has 1 aliphatic rings. The molecule has 0 aliphatic carbocycles. The first-order chi connectivity index (χ1) is 11.6. The molecule has 7 heteroatoms. The fraction of sp³-hybridized carbons (Fsp3) is 0.588. The molecular formula is C17H25N5O2. The van der Waals surface area contributed by atoms with Crippen molar-refractivity contribution >= 4 is 5.91 Å². The van der Waals surface area contributed by atoms with Crippen molar-refractivity contribution in [2.75, 3.05) is 13.2 Å². The summed E-state index contributed by atoms with van der Waals surface area (Å²) in [4.78, 5) is 12.2.